The second-order valence-electron chi connectivity index (χ2n) is 12.1. The maximum absolute atomic E-state index is 11.3. The van der Waals surface area contributed by atoms with Gasteiger partial charge in [-0.25, -0.2) is 32.8 Å². The lowest BCUT2D eigenvalue weighted by Gasteiger charge is -2.10. The van der Waals surface area contributed by atoms with Crippen LogP contribution in [0.5, 0.6) is 0 Å². The average Bonchev–Trinajstić information content (AvgIpc) is 3.49. The fourth-order valence-electron chi connectivity index (χ4n) is 6.98. The molecule has 0 spiro atoms. The Balaban J connectivity index is 1.29. The zero-order valence-corrected chi connectivity index (χ0v) is 27.1. The largest absolute Gasteiger partial charge is 0.352 e. The molecule has 11 heteroatoms. The van der Waals surface area contributed by atoms with Gasteiger partial charge < -0.3 is 22.1 Å². The van der Waals surface area contributed by atoms with Gasteiger partial charge in [-0.05, 0) is 30.3 Å². The Morgan fingerprint density at radius 1 is 0.646 bits per heavy atom. The number of hydrogen-bond donors (Lipinski definition) is 4. The topological polar surface area (TPSA) is 141 Å². The summed E-state index contributed by atoms with van der Waals surface area (Å²) in [6, 6.07) is 30.6. The number of rotatable bonds is 10. The van der Waals surface area contributed by atoms with Crippen molar-refractivity contribution in [3.8, 4) is 0 Å². The van der Waals surface area contributed by atoms with Crippen molar-refractivity contribution >= 4 is 55.9 Å². The van der Waals surface area contributed by atoms with Gasteiger partial charge in [0.25, 0.3) is 11.6 Å². The molecule has 0 fully saturated rings. The fraction of sp³-hybridized carbons (Fsp3) is 0.216. The second-order valence-corrected chi connectivity index (χ2v) is 12.1. The standard InChI is InChI=1S/C37H37N9O2/c1-24-43(19-17-40-36(38)47)30-13-3-5-15-32(30)45(24)22-28-11-7-9-26-21-27-10-8-12-29(35(27)42-34(26)28)23-46-25(2)44(20-18-41-37(39)48)31-14-4-6-16-33(31)46/h3-16,21H,17-20,22-23H2,1-2H3,(H4-2,38,39,40,41,47,48)/p+2. The van der Waals surface area contributed by atoms with Crippen LogP contribution in [0.25, 0.3) is 43.9 Å². The molecule has 6 N–H and O–H groups in total. The van der Waals surface area contributed by atoms with Gasteiger partial charge in [0, 0.05) is 35.7 Å². The Labute approximate surface area is 277 Å². The van der Waals surface area contributed by atoms with Crippen LogP contribution in [0.1, 0.15) is 22.8 Å². The van der Waals surface area contributed by atoms with Gasteiger partial charge in [0.15, 0.2) is 22.1 Å². The number of benzene rings is 4. The highest BCUT2D eigenvalue weighted by Crippen LogP contribution is 2.26. The lowest BCUT2D eigenvalue weighted by atomic mass is 10.0. The fourth-order valence-corrected chi connectivity index (χ4v) is 6.98. The van der Waals surface area contributed by atoms with E-state index in [9.17, 15) is 9.59 Å². The van der Waals surface area contributed by atoms with Crippen molar-refractivity contribution in [2.45, 2.75) is 40.0 Å². The molecule has 0 saturated heterocycles. The van der Waals surface area contributed by atoms with E-state index in [1.807, 2.05) is 12.1 Å². The summed E-state index contributed by atoms with van der Waals surface area (Å²) < 4.78 is 9.06. The quantitative estimate of drug-likeness (QED) is 0.133. The summed E-state index contributed by atoms with van der Waals surface area (Å²) in [5.41, 5.74) is 19.3. The molecule has 3 heterocycles. The Morgan fingerprint density at radius 2 is 1.08 bits per heavy atom. The Hall–Kier alpha value is -5.97. The number of pyridine rings is 1. The van der Waals surface area contributed by atoms with Crippen LogP contribution in [0.2, 0.25) is 0 Å². The van der Waals surface area contributed by atoms with E-state index >= 15 is 0 Å². The molecule has 3 aromatic heterocycles. The van der Waals surface area contributed by atoms with Gasteiger partial charge in [-0.15, -0.1) is 0 Å². The van der Waals surface area contributed by atoms with Crippen molar-refractivity contribution < 1.29 is 18.7 Å². The van der Waals surface area contributed by atoms with E-state index in [0.29, 0.717) is 39.3 Å². The van der Waals surface area contributed by atoms with Crippen molar-refractivity contribution in [1.82, 2.24) is 24.8 Å². The molecule has 7 aromatic rings. The lowest BCUT2D eigenvalue weighted by Crippen LogP contribution is -2.38. The highest BCUT2D eigenvalue weighted by molar-refractivity contribution is 5.95. The number of nitrogens with two attached hydrogens (primary N) is 2. The molecule has 0 radical (unpaired) electrons. The summed E-state index contributed by atoms with van der Waals surface area (Å²) in [4.78, 5) is 28.0. The SMILES string of the molecule is Cc1n(CCNC(N)=O)c2ccccc2[n+]1Cc1cccc2cc3cccc(C[n+]4c(C)n(CCNC(N)=O)c5ccccc54)c3nc12. The maximum Gasteiger partial charge on any atom is 0.312 e. The summed E-state index contributed by atoms with van der Waals surface area (Å²) >= 11 is 0. The number of amides is 4. The van der Waals surface area contributed by atoms with Gasteiger partial charge in [0.05, 0.1) is 24.1 Å². The summed E-state index contributed by atoms with van der Waals surface area (Å²) in [5, 5.41) is 7.60. The van der Waals surface area contributed by atoms with Crippen molar-refractivity contribution in [3.63, 3.8) is 0 Å². The number of hydrogen-bond acceptors (Lipinski definition) is 3. The zero-order chi connectivity index (χ0) is 33.4. The van der Waals surface area contributed by atoms with Gasteiger partial charge in [-0.3, -0.25) is 0 Å². The van der Waals surface area contributed by atoms with Gasteiger partial charge in [-0.2, -0.15) is 0 Å². The molecule has 0 aliphatic carbocycles. The molecule has 11 nitrogen and oxygen atoms in total. The van der Waals surface area contributed by atoms with Crippen LogP contribution in [0.3, 0.4) is 0 Å². The van der Waals surface area contributed by atoms with Gasteiger partial charge in [-0.1, -0.05) is 60.7 Å². The predicted octanol–water partition coefficient (Wildman–Crippen LogP) is 3.92. The van der Waals surface area contributed by atoms with Crippen LogP contribution in [-0.2, 0) is 26.2 Å². The van der Waals surface area contributed by atoms with Crippen molar-refractivity contribution in [2.75, 3.05) is 13.1 Å². The summed E-state index contributed by atoms with van der Waals surface area (Å²) in [7, 11) is 0. The van der Waals surface area contributed by atoms with Crippen molar-refractivity contribution in [2.24, 2.45) is 11.5 Å². The van der Waals surface area contributed by atoms with Crippen molar-refractivity contribution in [3.05, 3.63) is 114 Å². The third-order valence-corrected chi connectivity index (χ3v) is 9.25. The molecular formula is C37H39N9O2+2. The molecule has 0 aliphatic rings. The summed E-state index contributed by atoms with van der Waals surface area (Å²) in [5.74, 6) is 2.16. The van der Waals surface area contributed by atoms with E-state index in [1.54, 1.807) is 0 Å². The Morgan fingerprint density at radius 3 is 1.52 bits per heavy atom. The molecule has 4 aromatic carbocycles. The van der Waals surface area contributed by atoms with Crippen LogP contribution >= 0.6 is 0 Å². The molecular weight excluding hydrogens is 602 g/mol. The van der Waals surface area contributed by atoms with E-state index in [2.05, 4.69) is 122 Å². The predicted molar refractivity (Wildman–Crippen MR) is 186 cm³/mol. The Kier molecular flexibility index (Phi) is 8.10. The number of urea groups is 2. The monoisotopic (exact) mass is 641 g/mol. The number of primary amides is 2. The number of nitrogens with zero attached hydrogens (tertiary/aromatic N) is 5. The third kappa shape index (κ3) is 5.63. The third-order valence-electron chi connectivity index (χ3n) is 9.25. The van der Waals surface area contributed by atoms with Crippen LogP contribution in [0.4, 0.5) is 9.59 Å². The number of nitrogens with one attached hydrogen (secondary N) is 2. The van der Waals surface area contributed by atoms with Gasteiger partial charge in [0.1, 0.15) is 26.2 Å². The van der Waals surface area contributed by atoms with Crippen LogP contribution in [0, 0.1) is 13.8 Å². The van der Waals surface area contributed by atoms with Crippen LogP contribution in [0.15, 0.2) is 91.0 Å². The number of carbonyl (C=O) groups is 2. The number of imidazole rings is 2. The smallest absolute Gasteiger partial charge is 0.312 e. The first kappa shape index (κ1) is 30.7. The van der Waals surface area contributed by atoms with Gasteiger partial charge in [0.2, 0.25) is 0 Å². The molecule has 0 bridgehead atoms. The minimum absolute atomic E-state index is 0.444. The molecule has 242 valence electrons. The lowest BCUT2D eigenvalue weighted by molar-refractivity contribution is -0.669. The van der Waals surface area contributed by atoms with Gasteiger partial charge >= 0.3 is 12.1 Å². The molecule has 0 atom stereocenters. The highest BCUT2D eigenvalue weighted by atomic mass is 16.2. The van der Waals surface area contributed by atoms with E-state index in [-0.39, 0.29) is 0 Å². The van der Waals surface area contributed by atoms with Crippen molar-refractivity contribution in [1.29, 1.82) is 0 Å². The normalized spacial score (nSPS) is 11.5. The van der Waals surface area contributed by atoms with Crippen LogP contribution < -0.4 is 31.2 Å². The average molecular weight is 642 g/mol. The minimum atomic E-state index is -0.526. The number of aromatic nitrogens is 5. The minimum Gasteiger partial charge on any atom is -0.352 e. The summed E-state index contributed by atoms with van der Waals surface area (Å²) in [6.45, 7) is 7.60. The molecule has 0 saturated carbocycles. The van der Waals surface area contributed by atoms with E-state index < -0.39 is 12.1 Å². The molecule has 0 unspecified atom stereocenters. The number of fused-ring (bicyclic) bond motifs is 4. The molecule has 7 rings (SSSR count). The molecule has 0 aliphatic heterocycles. The van der Waals surface area contributed by atoms with Crippen LogP contribution in [-0.4, -0.2) is 39.3 Å². The highest BCUT2D eigenvalue weighted by Gasteiger charge is 2.24. The van der Waals surface area contributed by atoms with E-state index in [1.165, 1.54) is 0 Å². The number of para-hydroxylation sites is 6. The maximum atomic E-state index is 11.3. The number of carbonyl (C=O) groups excluding carboxylic acids is 2. The first-order valence-corrected chi connectivity index (χ1v) is 16.1. The summed E-state index contributed by atoms with van der Waals surface area (Å²) in [6.07, 6.45) is 0. The van der Waals surface area contributed by atoms with E-state index in [0.717, 1.165) is 66.6 Å². The second kappa shape index (κ2) is 12.7. The first-order chi connectivity index (χ1) is 23.3. The molecule has 48 heavy (non-hydrogen) atoms. The zero-order valence-electron chi connectivity index (χ0n) is 27.1. The first-order valence-electron chi connectivity index (χ1n) is 16.1. The Bertz CT molecular complexity index is 2190. The molecule has 4 amide bonds. The van der Waals surface area contributed by atoms with E-state index in [4.69, 9.17) is 16.5 Å².